The molecule has 1 atom stereocenters. The third kappa shape index (κ3) is 4.83. The third-order valence-electron chi connectivity index (χ3n) is 3.53. The van der Waals surface area contributed by atoms with Crippen molar-refractivity contribution in [2.45, 2.75) is 37.6 Å². The summed E-state index contributed by atoms with van der Waals surface area (Å²) < 4.78 is 27.2. The van der Waals surface area contributed by atoms with Gasteiger partial charge in [-0.15, -0.1) is 0 Å². The molecular weight excluding hydrogens is 324 g/mol. The number of anilines is 1. The van der Waals surface area contributed by atoms with Crippen molar-refractivity contribution in [2.75, 3.05) is 4.72 Å². The molecule has 0 aliphatic rings. The van der Waals surface area contributed by atoms with Crippen LogP contribution in [0.2, 0.25) is 0 Å². The molecule has 0 bridgehead atoms. The average Bonchev–Trinajstić information content (AvgIpc) is 2.55. The van der Waals surface area contributed by atoms with Gasteiger partial charge in [0, 0.05) is 17.3 Å². The van der Waals surface area contributed by atoms with E-state index in [-0.39, 0.29) is 16.8 Å². The minimum absolute atomic E-state index is 0.0761. The second-order valence-corrected chi connectivity index (χ2v) is 7.34. The number of hydrogen-bond acceptors (Lipinski definition) is 3. The van der Waals surface area contributed by atoms with Gasteiger partial charge in [0.15, 0.2) is 0 Å². The molecule has 0 unspecified atom stereocenters. The Hall–Kier alpha value is -2.34. The molecule has 1 amide bonds. The topological polar surface area (TPSA) is 75.3 Å². The van der Waals surface area contributed by atoms with Crippen molar-refractivity contribution in [2.24, 2.45) is 0 Å². The van der Waals surface area contributed by atoms with Gasteiger partial charge in [-0.3, -0.25) is 9.52 Å². The van der Waals surface area contributed by atoms with Crippen molar-refractivity contribution >= 4 is 21.6 Å². The van der Waals surface area contributed by atoms with Gasteiger partial charge >= 0.3 is 0 Å². The summed E-state index contributed by atoms with van der Waals surface area (Å²) >= 11 is 0. The minimum atomic E-state index is -3.67. The Kier molecular flexibility index (Phi) is 5.98. The highest BCUT2D eigenvalue weighted by molar-refractivity contribution is 7.92. The average molecular weight is 346 g/mol. The number of amides is 1. The van der Waals surface area contributed by atoms with E-state index < -0.39 is 10.0 Å². The lowest BCUT2D eigenvalue weighted by molar-refractivity contribution is 0.0938. The summed E-state index contributed by atoms with van der Waals surface area (Å²) in [5.74, 6) is -0.211. The third-order valence-corrected chi connectivity index (χ3v) is 4.93. The zero-order valence-electron chi connectivity index (χ0n) is 13.8. The van der Waals surface area contributed by atoms with Crippen LogP contribution in [0, 0.1) is 0 Å². The number of carbonyl (C=O) groups excluding carboxylic acids is 1. The quantitative estimate of drug-likeness (QED) is 0.807. The highest BCUT2D eigenvalue weighted by Gasteiger charge is 2.15. The number of carbonyl (C=O) groups is 1. The molecule has 128 valence electrons. The fourth-order valence-electron chi connectivity index (χ4n) is 2.35. The predicted octanol–water partition coefficient (Wildman–Crippen LogP) is 3.41. The summed E-state index contributed by atoms with van der Waals surface area (Å²) in [7, 11) is -3.67. The monoisotopic (exact) mass is 346 g/mol. The van der Waals surface area contributed by atoms with Crippen LogP contribution in [0.3, 0.4) is 0 Å². The number of benzene rings is 2. The Bertz CT molecular complexity index is 789. The Balaban J connectivity index is 2.14. The van der Waals surface area contributed by atoms with E-state index in [1.807, 2.05) is 6.92 Å². The van der Waals surface area contributed by atoms with Crippen molar-refractivity contribution in [3.8, 4) is 0 Å². The van der Waals surface area contributed by atoms with Crippen LogP contribution in [0.1, 0.15) is 37.0 Å². The molecule has 2 aromatic rings. The molecule has 0 fully saturated rings. The summed E-state index contributed by atoms with van der Waals surface area (Å²) in [6, 6.07) is 14.7. The molecule has 6 heteroatoms. The van der Waals surface area contributed by atoms with Crippen molar-refractivity contribution in [1.29, 1.82) is 0 Å². The molecule has 0 aliphatic heterocycles. The Morgan fingerprint density at radius 3 is 2.46 bits per heavy atom. The Morgan fingerprint density at radius 1 is 1.08 bits per heavy atom. The maximum Gasteiger partial charge on any atom is 0.261 e. The molecule has 5 nitrogen and oxygen atoms in total. The van der Waals surface area contributed by atoms with Crippen molar-refractivity contribution in [1.82, 2.24) is 5.32 Å². The van der Waals surface area contributed by atoms with E-state index in [4.69, 9.17) is 0 Å². The van der Waals surface area contributed by atoms with Crippen LogP contribution in [-0.2, 0) is 10.0 Å². The molecule has 0 aromatic heterocycles. The smallest absolute Gasteiger partial charge is 0.261 e. The Labute approximate surface area is 143 Å². The summed E-state index contributed by atoms with van der Waals surface area (Å²) in [6.45, 7) is 4.00. The SMILES string of the molecule is CCC[C@H](C)NC(=O)c1cccc(NS(=O)(=O)c2ccccc2)c1. The molecule has 0 saturated carbocycles. The van der Waals surface area contributed by atoms with Gasteiger partial charge in [-0.2, -0.15) is 0 Å². The zero-order valence-corrected chi connectivity index (χ0v) is 14.6. The maximum absolute atomic E-state index is 12.3. The van der Waals surface area contributed by atoms with Crippen LogP contribution in [0.4, 0.5) is 5.69 Å². The summed E-state index contributed by atoms with van der Waals surface area (Å²) in [5, 5.41) is 2.90. The first-order valence-electron chi connectivity index (χ1n) is 7.91. The summed E-state index contributed by atoms with van der Waals surface area (Å²) in [5.41, 5.74) is 0.779. The van der Waals surface area contributed by atoms with Crippen molar-refractivity contribution in [3.63, 3.8) is 0 Å². The van der Waals surface area contributed by atoms with Gasteiger partial charge in [0.05, 0.1) is 4.90 Å². The molecule has 0 radical (unpaired) electrons. The van der Waals surface area contributed by atoms with Crippen LogP contribution >= 0.6 is 0 Å². The van der Waals surface area contributed by atoms with Crippen molar-refractivity contribution in [3.05, 3.63) is 60.2 Å². The van der Waals surface area contributed by atoms with E-state index in [0.717, 1.165) is 12.8 Å². The number of rotatable bonds is 7. The van der Waals surface area contributed by atoms with Gasteiger partial charge in [0.25, 0.3) is 15.9 Å². The minimum Gasteiger partial charge on any atom is -0.350 e. The fourth-order valence-corrected chi connectivity index (χ4v) is 3.42. The first kappa shape index (κ1) is 18.0. The van der Waals surface area contributed by atoms with Crippen LogP contribution in [0.25, 0.3) is 0 Å². The maximum atomic E-state index is 12.3. The highest BCUT2D eigenvalue weighted by Crippen LogP contribution is 2.17. The normalized spacial score (nSPS) is 12.4. The van der Waals surface area contributed by atoms with Crippen LogP contribution in [-0.4, -0.2) is 20.4 Å². The highest BCUT2D eigenvalue weighted by atomic mass is 32.2. The molecule has 0 aliphatic carbocycles. The van der Waals surface area contributed by atoms with Crippen LogP contribution in [0.15, 0.2) is 59.5 Å². The van der Waals surface area contributed by atoms with Gasteiger partial charge in [0.2, 0.25) is 0 Å². The summed E-state index contributed by atoms with van der Waals surface area (Å²) in [6.07, 6.45) is 1.88. The lowest BCUT2D eigenvalue weighted by Crippen LogP contribution is -2.32. The number of sulfonamides is 1. The number of hydrogen-bond donors (Lipinski definition) is 2. The van der Waals surface area contributed by atoms with E-state index in [2.05, 4.69) is 17.0 Å². The van der Waals surface area contributed by atoms with Crippen LogP contribution < -0.4 is 10.0 Å². The molecular formula is C18H22N2O3S. The predicted molar refractivity (Wildman–Crippen MR) is 95.5 cm³/mol. The molecule has 0 saturated heterocycles. The van der Waals surface area contributed by atoms with E-state index in [1.165, 1.54) is 18.2 Å². The fraction of sp³-hybridized carbons (Fsp3) is 0.278. The Morgan fingerprint density at radius 2 is 1.79 bits per heavy atom. The molecule has 2 rings (SSSR count). The first-order chi connectivity index (χ1) is 11.4. The van der Waals surface area contributed by atoms with Gasteiger partial charge < -0.3 is 5.32 Å². The van der Waals surface area contributed by atoms with E-state index in [0.29, 0.717) is 11.3 Å². The van der Waals surface area contributed by atoms with Gasteiger partial charge in [-0.25, -0.2) is 8.42 Å². The van der Waals surface area contributed by atoms with Gasteiger partial charge in [0.1, 0.15) is 0 Å². The standard InChI is InChI=1S/C18H22N2O3S/c1-3-8-14(2)19-18(21)15-9-7-10-16(13-15)20-24(22,23)17-11-5-4-6-12-17/h4-7,9-14,20H,3,8H2,1-2H3,(H,19,21)/t14-/m0/s1. The second kappa shape index (κ2) is 7.97. The lowest BCUT2D eigenvalue weighted by atomic mass is 10.1. The molecule has 0 heterocycles. The van der Waals surface area contributed by atoms with Gasteiger partial charge in [-0.05, 0) is 43.7 Å². The van der Waals surface area contributed by atoms with Gasteiger partial charge in [-0.1, -0.05) is 37.6 Å². The lowest BCUT2D eigenvalue weighted by Gasteiger charge is -2.13. The second-order valence-electron chi connectivity index (χ2n) is 5.66. The largest absolute Gasteiger partial charge is 0.350 e. The van der Waals surface area contributed by atoms with E-state index in [9.17, 15) is 13.2 Å². The van der Waals surface area contributed by atoms with Crippen LogP contribution in [0.5, 0.6) is 0 Å². The zero-order chi connectivity index (χ0) is 17.6. The van der Waals surface area contributed by atoms with Crippen molar-refractivity contribution < 1.29 is 13.2 Å². The molecule has 0 spiro atoms. The number of nitrogens with one attached hydrogen (secondary N) is 2. The molecule has 24 heavy (non-hydrogen) atoms. The summed E-state index contributed by atoms with van der Waals surface area (Å²) in [4.78, 5) is 12.4. The van der Waals surface area contributed by atoms with E-state index in [1.54, 1.807) is 36.4 Å². The first-order valence-corrected chi connectivity index (χ1v) is 9.39. The molecule has 2 N–H and O–H groups in total. The molecule has 2 aromatic carbocycles. The van der Waals surface area contributed by atoms with E-state index >= 15 is 0 Å².